The van der Waals surface area contributed by atoms with Crippen LogP contribution in [0.4, 0.5) is 0 Å². The number of hydrogen-bond acceptors (Lipinski definition) is 4. The van der Waals surface area contributed by atoms with Crippen LogP contribution >= 0.6 is 0 Å². The minimum absolute atomic E-state index is 0.154. The summed E-state index contributed by atoms with van der Waals surface area (Å²) in [6.45, 7) is 16.2. The van der Waals surface area contributed by atoms with Crippen molar-refractivity contribution in [2.75, 3.05) is 0 Å². The van der Waals surface area contributed by atoms with Gasteiger partial charge in [-0.3, -0.25) is 9.69 Å². The molecule has 2 aromatic rings. The smallest absolute Gasteiger partial charge is 0.360 e. The molecule has 2 heterocycles. The van der Waals surface area contributed by atoms with Crippen molar-refractivity contribution in [3.05, 3.63) is 76.8 Å². The Balaban J connectivity index is 0.00000158. The largest absolute Gasteiger partial charge is 0.476 e. The van der Waals surface area contributed by atoms with Crippen LogP contribution in [0.3, 0.4) is 0 Å². The fourth-order valence-corrected chi connectivity index (χ4v) is 5.70. The third kappa shape index (κ3) is 4.78. The molecule has 34 heavy (non-hydrogen) atoms. The van der Waals surface area contributed by atoms with E-state index in [-0.39, 0.29) is 6.04 Å². The molecule has 1 saturated heterocycles. The van der Waals surface area contributed by atoms with Gasteiger partial charge < -0.3 is 9.67 Å². The van der Waals surface area contributed by atoms with E-state index in [9.17, 15) is 14.7 Å². The molecule has 0 bridgehead atoms. The molecule has 1 aliphatic heterocycles. The SMILES string of the molecule is C=CC1=C(C=C)CC(N2C(C)CCC2CC(C)n2c(=O)c(C(=O)O)nc3ccccc32)C1.CC. The van der Waals surface area contributed by atoms with Gasteiger partial charge in [-0.1, -0.05) is 51.3 Å². The topological polar surface area (TPSA) is 75.4 Å². The number of rotatable bonds is 7. The molecular weight excluding hydrogens is 426 g/mol. The molecule has 0 saturated carbocycles. The van der Waals surface area contributed by atoms with Crippen LogP contribution in [0, 0.1) is 0 Å². The van der Waals surface area contributed by atoms with Crippen molar-refractivity contribution >= 4 is 17.0 Å². The molecule has 4 rings (SSSR count). The Morgan fingerprint density at radius 1 is 1.18 bits per heavy atom. The number of fused-ring (bicyclic) bond motifs is 1. The zero-order valence-electron chi connectivity index (χ0n) is 20.8. The lowest BCUT2D eigenvalue weighted by Crippen LogP contribution is -2.43. The van der Waals surface area contributed by atoms with Crippen molar-refractivity contribution < 1.29 is 9.90 Å². The second kappa shape index (κ2) is 11.0. The van der Waals surface area contributed by atoms with Crippen LogP contribution in [0.1, 0.15) is 76.3 Å². The number of allylic oxidation sites excluding steroid dienone is 2. The van der Waals surface area contributed by atoms with Crippen LogP contribution in [0.2, 0.25) is 0 Å². The van der Waals surface area contributed by atoms with Crippen LogP contribution in [0.15, 0.2) is 65.5 Å². The molecule has 0 spiro atoms. The quantitative estimate of drug-likeness (QED) is 0.565. The average molecular weight is 464 g/mol. The Labute approximate surface area is 202 Å². The molecule has 3 atom stereocenters. The van der Waals surface area contributed by atoms with Gasteiger partial charge in [0.15, 0.2) is 0 Å². The van der Waals surface area contributed by atoms with Crippen LogP contribution in [0.25, 0.3) is 11.0 Å². The van der Waals surface area contributed by atoms with Crippen LogP contribution in [-0.4, -0.2) is 43.7 Å². The van der Waals surface area contributed by atoms with Gasteiger partial charge in [0, 0.05) is 24.2 Å². The number of para-hydroxylation sites is 2. The van der Waals surface area contributed by atoms with Crippen molar-refractivity contribution in [3.8, 4) is 0 Å². The summed E-state index contributed by atoms with van der Waals surface area (Å²) in [7, 11) is 0. The summed E-state index contributed by atoms with van der Waals surface area (Å²) in [5.41, 5.74) is 2.80. The van der Waals surface area contributed by atoms with Crippen LogP contribution in [-0.2, 0) is 0 Å². The van der Waals surface area contributed by atoms with Crippen molar-refractivity contribution in [2.45, 2.75) is 84.0 Å². The first kappa shape index (κ1) is 25.6. The number of aromatic carboxylic acids is 1. The Morgan fingerprint density at radius 3 is 2.38 bits per heavy atom. The fourth-order valence-electron chi connectivity index (χ4n) is 5.70. The normalized spacial score (nSPS) is 21.9. The lowest BCUT2D eigenvalue weighted by Gasteiger charge is -2.36. The minimum Gasteiger partial charge on any atom is -0.476 e. The first-order valence-corrected chi connectivity index (χ1v) is 12.3. The number of nitrogens with zero attached hydrogens (tertiary/aromatic N) is 3. The first-order chi connectivity index (χ1) is 16.3. The minimum atomic E-state index is -1.29. The molecule has 1 N–H and O–H groups in total. The van der Waals surface area contributed by atoms with Crippen molar-refractivity contribution in [2.24, 2.45) is 0 Å². The molecule has 3 unspecified atom stereocenters. The summed E-state index contributed by atoms with van der Waals surface area (Å²) in [6.07, 6.45) is 8.81. The lowest BCUT2D eigenvalue weighted by molar-refractivity contribution is 0.0687. The average Bonchev–Trinajstić information content (AvgIpc) is 3.41. The Hall–Kier alpha value is -2.99. The number of carbonyl (C=O) groups is 1. The molecule has 1 aliphatic carbocycles. The zero-order chi connectivity index (χ0) is 25.0. The van der Waals surface area contributed by atoms with Gasteiger partial charge in [-0.2, -0.15) is 0 Å². The van der Waals surface area contributed by atoms with Gasteiger partial charge in [0.1, 0.15) is 0 Å². The van der Waals surface area contributed by atoms with E-state index in [0.717, 1.165) is 32.1 Å². The van der Waals surface area contributed by atoms with Gasteiger partial charge in [0.2, 0.25) is 5.69 Å². The van der Waals surface area contributed by atoms with E-state index in [1.807, 2.05) is 51.1 Å². The second-order valence-electron chi connectivity index (χ2n) is 9.06. The van der Waals surface area contributed by atoms with E-state index in [2.05, 4.69) is 30.0 Å². The monoisotopic (exact) mass is 463 g/mol. The molecule has 182 valence electrons. The van der Waals surface area contributed by atoms with Gasteiger partial charge in [0.05, 0.1) is 11.0 Å². The Kier molecular flexibility index (Phi) is 8.26. The maximum Gasteiger partial charge on any atom is 0.360 e. The van der Waals surface area contributed by atoms with Crippen molar-refractivity contribution in [1.29, 1.82) is 0 Å². The maximum absolute atomic E-state index is 13.1. The van der Waals surface area contributed by atoms with Crippen molar-refractivity contribution in [1.82, 2.24) is 14.5 Å². The predicted octanol–water partition coefficient (Wildman–Crippen LogP) is 5.76. The lowest BCUT2D eigenvalue weighted by atomic mass is 10.0. The third-order valence-electron chi connectivity index (χ3n) is 7.14. The van der Waals surface area contributed by atoms with E-state index in [1.165, 1.54) is 11.1 Å². The van der Waals surface area contributed by atoms with E-state index >= 15 is 0 Å². The third-order valence-corrected chi connectivity index (χ3v) is 7.14. The van der Waals surface area contributed by atoms with Gasteiger partial charge in [-0.25, -0.2) is 9.78 Å². The number of likely N-dealkylation sites (tertiary alicyclic amines) is 1. The molecule has 1 aromatic carbocycles. The number of aromatic nitrogens is 2. The molecule has 1 fully saturated rings. The highest BCUT2D eigenvalue weighted by molar-refractivity contribution is 5.88. The van der Waals surface area contributed by atoms with Crippen LogP contribution < -0.4 is 5.56 Å². The summed E-state index contributed by atoms with van der Waals surface area (Å²) < 4.78 is 1.63. The first-order valence-electron chi connectivity index (χ1n) is 12.3. The van der Waals surface area contributed by atoms with Gasteiger partial charge >= 0.3 is 5.97 Å². The second-order valence-corrected chi connectivity index (χ2v) is 9.06. The van der Waals surface area contributed by atoms with Gasteiger partial charge in [0.25, 0.3) is 5.56 Å². The highest BCUT2D eigenvalue weighted by atomic mass is 16.4. The Morgan fingerprint density at radius 2 is 1.79 bits per heavy atom. The number of benzene rings is 1. The zero-order valence-corrected chi connectivity index (χ0v) is 20.8. The summed E-state index contributed by atoms with van der Waals surface area (Å²) in [5.74, 6) is -1.29. The van der Waals surface area contributed by atoms with E-state index in [0.29, 0.717) is 29.2 Å². The summed E-state index contributed by atoms with van der Waals surface area (Å²) in [6, 6.07) is 8.31. The number of hydrogen-bond donors (Lipinski definition) is 1. The molecule has 0 amide bonds. The highest BCUT2D eigenvalue weighted by Crippen LogP contribution is 2.39. The van der Waals surface area contributed by atoms with Crippen LogP contribution in [0.5, 0.6) is 0 Å². The standard InChI is InChI=1S/C26H31N3O3.C2H6/c1-5-18-14-21(15-19(18)6-2)28-16(3)11-12-20(28)13-17(4)29-23-10-8-7-9-22(23)27-24(25(29)30)26(31)32;1-2/h5-10,16-17,20-21H,1-2,11-15H2,3-4H3,(H,31,32);1-2H3. The van der Waals surface area contributed by atoms with Gasteiger partial charge in [-0.15, -0.1) is 0 Å². The highest BCUT2D eigenvalue weighted by Gasteiger charge is 2.39. The van der Waals surface area contributed by atoms with E-state index in [4.69, 9.17) is 0 Å². The van der Waals surface area contributed by atoms with Gasteiger partial charge in [-0.05, 0) is 69.2 Å². The predicted molar refractivity (Wildman–Crippen MR) is 138 cm³/mol. The van der Waals surface area contributed by atoms with E-state index < -0.39 is 17.2 Å². The molecule has 0 radical (unpaired) electrons. The van der Waals surface area contributed by atoms with E-state index in [1.54, 1.807) is 10.6 Å². The molecule has 6 nitrogen and oxygen atoms in total. The maximum atomic E-state index is 13.1. The molecule has 6 heteroatoms. The molecule has 1 aromatic heterocycles. The summed E-state index contributed by atoms with van der Waals surface area (Å²) >= 11 is 0. The fraction of sp³-hybridized carbons (Fsp3) is 0.464. The Bertz CT molecular complexity index is 1140. The summed E-state index contributed by atoms with van der Waals surface area (Å²) in [4.78, 5) is 31.5. The number of carboxylic acids is 1. The van der Waals surface area contributed by atoms with Crippen molar-refractivity contribution in [3.63, 3.8) is 0 Å². The summed E-state index contributed by atoms with van der Waals surface area (Å²) in [5, 5.41) is 9.53. The molecule has 2 aliphatic rings. The molecular formula is C28H37N3O3. The number of carboxylic acid groups (broad SMARTS) is 1.